The van der Waals surface area contributed by atoms with Crippen molar-refractivity contribution in [3.63, 3.8) is 0 Å². The number of nitrogens with zero attached hydrogens (tertiary/aromatic N) is 2. The molecular formula is C24H17Cl2FN2O2. The van der Waals surface area contributed by atoms with Gasteiger partial charge in [0.1, 0.15) is 5.82 Å². The fraction of sp³-hybridized carbons (Fsp3) is 0.167. The molecule has 1 saturated heterocycles. The van der Waals surface area contributed by atoms with Gasteiger partial charge in [0, 0.05) is 45.4 Å². The maximum absolute atomic E-state index is 14.4. The minimum Gasteiger partial charge on any atom is -0.309 e. The first-order valence-electron chi connectivity index (χ1n) is 9.85. The molecule has 0 aliphatic carbocycles. The molecule has 1 unspecified atom stereocenters. The van der Waals surface area contributed by atoms with Crippen LogP contribution in [0.25, 0.3) is 0 Å². The summed E-state index contributed by atoms with van der Waals surface area (Å²) in [6, 6.07) is 18.8. The van der Waals surface area contributed by atoms with E-state index in [-0.39, 0.29) is 28.8 Å². The molecule has 0 bridgehead atoms. The lowest BCUT2D eigenvalue weighted by atomic mass is 9.89. The van der Waals surface area contributed by atoms with Crippen molar-refractivity contribution in [1.82, 2.24) is 9.80 Å². The van der Waals surface area contributed by atoms with E-state index in [1.807, 2.05) is 24.3 Å². The van der Waals surface area contributed by atoms with Gasteiger partial charge in [-0.2, -0.15) is 0 Å². The van der Waals surface area contributed by atoms with Crippen molar-refractivity contribution in [3.8, 4) is 0 Å². The highest BCUT2D eigenvalue weighted by atomic mass is 35.5. The molecule has 7 heteroatoms. The summed E-state index contributed by atoms with van der Waals surface area (Å²) in [4.78, 5) is 30.2. The van der Waals surface area contributed by atoms with Crippen molar-refractivity contribution in [2.75, 3.05) is 13.1 Å². The standard InChI is InChI=1S/C24H17Cl2FN2O2/c25-16-10-8-15(9-11-16)24-19-5-2-1-4-17(19)23(31)29(24)13-12-28(24)22(30)14-18-20(26)6-3-7-21(18)27/h1-11H,12-14H2. The van der Waals surface area contributed by atoms with Crippen LogP contribution in [0.15, 0.2) is 66.7 Å². The minimum atomic E-state index is -1.10. The van der Waals surface area contributed by atoms with Gasteiger partial charge >= 0.3 is 0 Å². The predicted molar refractivity (Wildman–Crippen MR) is 117 cm³/mol. The number of halogens is 3. The minimum absolute atomic E-state index is 0.134. The Morgan fingerprint density at radius 2 is 1.71 bits per heavy atom. The summed E-state index contributed by atoms with van der Waals surface area (Å²) in [5.74, 6) is -0.973. The Balaban J connectivity index is 1.67. The van der Waals surface area contributed by atoms with E-state index in [0.29, 0.717) is 23.7 Å². The summed E-state index contributed by atoms with van der Waals surface area (Å²) >= 11 is 12.3. The first kappa shape index (κ1) is 20.0. The van der Waals surface area contributed by atoms with Crippen LogP contribution in [-0.2, 0) is 16.9 Å². The molecule has 2 heterocycles. The lowest BCUT2D eigenvalue weighted by molar-refractivity contribution is -0.135. The molecular weight excluding hydrogens is 438 g/mol. The van der Waals surface area contributed by atoms with Crippen LogP contribution in [-0.4, -0.2) is 34.7 Å². The van der Waals surface area contributed by atoms with E-state index < -0.39 is 11.5 Å². The topological polar surface area (TPSA) is 40.6 Å². The molecule has 0 saturated carbocycles. The fourth-order valence-corrected chi connectivity index (χ4v) is 5.09. The molecule has 31 heavy (non-hydrogen) atoms. The number of carbonyl (C=O) groups is 2. The van der Waals surface area contributed by atoms with Gasteiger partial charge in [-0.3, -0.25) is 9.59 Å². The SMILES string of the molecule is O=C(Cc1c(F)cccc1Cl)N1CCN2C(=O)c3ccccc3C12c1ccc(Cl)cc1. The zero-order valence-electron chi connectivity index (χ0n) is 16.3. The van der Waals surface area contributed by atoms with Crippen LogP contribution >= 0.6 is 23.2 Å². The van der Waals surface area contributed by atoms with E-state index in [4.69, 9.17) is 23.2 Å². The lowest BCUT2D eigenvalue weighted by Gasteiger charge is -2.40. The summed E-state index contributed by atoms with van der Waals surface area (Å²) in [5.41, 5.74) is 1.08. The smallest absolute Gasteiger partial charge is 0.256 e. The van der Waals surface area contributed by atoms with Crippen molar-refractivity contribution < 1.29 is 14.0 Å². The van der Waals surface area contributed by atoms with Gasteiger partial charge in [-0.05, 0) is 30.3 Å². The molecule has 3 aromatic rings. The van der Waals surface area contributed by atoms with Gasteiger partial charge in [0.2, 0.25) is 5.91 Å². The van der Waals surface area contributed by atoms with Gasteiger partial charge in [-0.1, -0.05) is 59.6 Å². The Bertz CT molecular complexity index is 1190. The van der Waals surface area contributed by atoms with Gasteiger partial charge in [-0.15, -0.1) is 0 Å². The van der Waals surface area contributed by atoms with E-state index in [9.17, 15) is 14.0 Å². The second-order valence-corrected chi connectivity index (χ2v) is 8.45. The van der Waals surface area contributed by atoms with E-state index in [1.165, 1.54) is 12.1 Å². The third-order valence-corrected chi connectivity index (χ3v) is 6.65. The van der Waals surface area contributed by atoms with E-state index >= 15 is 0 Å². The molecule has 0 aromatic heterocycles. The number of hydrogen-bond acceptors (Lipinski definition) is 2. The molecule has 2 aliphatic heterocycles. The zero-order chi connectivity index (χ0) is 21.8. The highest BCUT2D eigenvalue weighted by Crippen LogP contribution is 2.50. The van der Waals surface area contributed by atoms with Crippen LogP contribution in [0.4, 0.5) is 4.39 Å². The molecule has 156 valence electrons. The average Bonchev–Trinajstić information content (AvgIpc) is 3.27. The molecule has 0 N–H and O–H groups in total. The van der Waals surface area contributed by atoms with Crippen LogP contribution < -0.4 is 0 Å². The Morgan fingerprint density at radius 3 is 2.45 bits per heavy atom. The molecule has 1 atom stereocenters. The fourth-order valence-electron chi connectivity index (χ4n) is 4.73. The molecule has 4 nitrogen and oxygen atoms in total. The van der Waals surface area contributed by atoms with Crippen molar-refractivity contribution in [2.24, 2.45) is 0 Å². The van der Waals surface area contributed by atoms with Crippen molar-refractivity contribution in [1.29, 1.82) is 0 Å². The van der Waals surface area contributed by atoms with Crippen molar-refractivity contribution in [3.05, 3.63) is 105 Å². The first-order valence-corrected chi connectivity index (χ1v) is 10.6. The summed E-state index contributed by atoms with van der Waals surface area (Å²) in [6.45, 7) is 0.695. The largest absolute Gasteiger partial charge is 0.309 e. The first-order chi connectivity index (χ1) is 14.9. The van der Waals surface area contributed by atoms with Crippen LogP contribution in [0.2, 0.25) is 10.0 Å². The summed E-state index contributed by atoms with van der Waals surface area (Å²) in [6.07, 6.45) is -0.203. The molecule has 0 spiro atoms. The number of carbonyl (C=O) groups excluding carboxylic acids is 2. The van der Waals surface area contributed by atoms with Crippen LogP contribution in [0.5, 0.6) is 0 Å². The van der Waals surface area contributed by atoms with Crippen molar-refractivity contribution in [2.45, 2.75) is 12.1 Å². The van der Waals surface area contributed by atoms with E-state index in [1.54, 1.807) is 40.1 Å². The van der Waals surface area contributed by atoms with Crippen LogP contribution in [0, 0.1) is 5.82 Å². The van der Waals surface area contributed by atoms with Gasteiger partial charge < -0.3 is 9.80 Å². The molecule has 5 rings (SSSR count). The van der Waals surface area contributed by atoms with Gasteiger partial charge in [0.15, 0.2) is 5.66 Å². The molecule has 1 fully saturated rings. The van der Waals surface area contributed by atoms with Gasteiger partial charge in [0.25, 0.3) is 5.91 Å². The Labute approximate surface area is 188 Å². The number of fused-ring (bicyclic) bond motifs is 3. The molecule has 2 aliphatic rings. The second kappa shape index (κ2) is 7.36. The Morgan fingerprint density at radius 1 is 0.968 bits per heavy atom. The summed E-state index contributed by atoms with van der Waals surface area (Å²) in [7, 11) is 0. The summed E-state index contributed by atoms with van der Waals surface area (Å²) < 4.78 is 14.4. The van der Waals surface area contributed by atoms with Crippen LogP contribution in [0.1, 0.15) is 27.0 Å². The van der Waals surface area contributed by atoms with Crippen molar-refractivity contribution >= 4 is 35.0 Å². The number of benzene rings is 3. The van der Waals surface area contributed by atoms with E-state index in [2.05, 4.69) is 0 Å². The van der Waals surface area contributed by atoms with Gasteiger partial charge in [-0.25, -0.2) is 4.39 Å². The quantitative estimate of drug-likeness (QED) is 0.565. The average molecular weight is 455 g/mol. The predicted octanol–water partition coefficient (Wildman–Crippen LogP) is 4.87. The normalized spacial score (nSPS) is 19.5. The lowest BCUT2D eigenvalue weighted by Crippen LogP contribution is -2.52. The third kappa shape index (κ3) is 2.87. The maximum Gasteiger partial charge on any atom is 0.256 e. The third-order valence-electron chi connectivity index (χ3n) is 6.04. The highest BCUT2D eigenvalue weighted by molar-refractivity contribution is 6.31. The van der Waals surface area contributed by atoms with Gasteiger partial charge in [0.05, 0.1) is 6.42 Å². The van der Waals surface area contributed by atoms with Crippen LogP contribution in [0.3, 0.4) is 0 Å². The maximum atomic E-state index is 14.4. The van der Waals surface area contributed by atoms with E-state index in [0.717, 1.165) is 11.1 Å². The molecule has 3 aromatic carbocycles. The Hall–Kier alpha value is -2.89. The number of hydrogen-bond donors (Lipinski definition) is 0. The zero-order valence-corrected chi connectivity index (χ0v) is 17.8. The highest BCUT2D eigenvalue weighted by Gasteiger charge is 2.59. The number of amides is 2. The summed E-state index contributed by atoms with van der Waals surface area (Å²) in [5, 5.41) is 0.756. The number of rotatable bonds is 3. The second-order valence-electron chi connectivity index (χ2n) is 7.60. The molecule has 0 radical (unpaired) electrons. The monoisotopic (exact) mass is 454 g/mol. The molecule has 2 amide bonds. The Kier molecular flexibility index (Phi) is 4.76.